The number of rotatable bonds is 3. The summed E-state index contributed by atoms with van der Waals surface area (Å²) in [5.41, 5.74) is 0. The van der Waals surface area contributed by atoms with Gasteiger partial charge in [-0.2, -0.15) is 0 Å². The highest BCUT2D eigenvalue weighted by atomic mass is 35.5. The van der Waals surface area contributed by atoms with E-state index >= 15 is 0 Å². The van der Waals surface area contributed by atoms with Gasteiger partial charge in [-0.1, -0.05) is 0 Å². The van der Waals surface area contributed by atoms with E-state index in [0.29, 0.717) is 18.9 Å². The van der Waals surface area contributed by atoms with Crippen LogP contribution in [0.3, 0.4) is 0 Å². The van der Waals surface area contributed by atoms with Crippen molar-refractivity contribution in [2.24, 2.45) is 0 Å². The summed E-state index contributed by atoms with van der Waals surface area (Å²) in [6.45, 7) is 0.312. The van der Waals surface area contributed by atoms with Crippen LogP contribution >= 0.6 is 11.6 Å². The maximum atomic E-state index is 10.7. The zero-order valence-corrected chi connectivity index (χ0v) is 6.56. The van der Waals surface area contributed by atoms with E-state index in [9.17, 15) is 4.79 Å². The number of carbonyl (C=O) groups excluding carboxylic acids is 1. The lowest BCUT2D eigenvalue weighted by atomic mass is 10.1. The molecule has 3 heteroatoms. The summed E-state index contributed by atoms with van der Waals surface area (Å²) >= 11 is 5.48. The molecule has 1 atom stereocenters. The molecule has 2 nitrogen and oxygen atoms in total. The van der Waals surface area contributed by atoms with Crippen molar-refractivity contribution in [3.8, 4) is 0 Å². The van der Waals surface area contributed by atoms with E-state index in [1.807, 2.05) is 0 Å². The van der Waals surface area contributed by atoms with Gasteiger partial charge in [0.05, 0.1) is 6.10 Å². The van der Waals surface area contributed by atoms with Crippen LogP contribution in [0.1, 0.15) is 19.3 Å². The van der Waals surface area contributed by atoms with Crippen molar-refractivity contribution in [2.45, 2.75) is 25.4 Å². The number of hydrogen-bond acceptors (Lipinski definition) is 2. The second kappa shape index (κ2) is 3.94. The van der Waals surface area contributed by atoms with Gasteiger partial charge in [0.15, 0.2) is 5.78 Å². The first-order valence-electron chi connectivity index (χ1n) is 3.52. The Hall–Kier alpha value is -0.0800. The van der Waals surface area contributed by atoms with E-state index in [1.165, 1.54) is 0 Å². The third-order valence-corrected chi connectivity index (χ3v) is 1.86. The molecule has 1 unspecified atom stereocenters. The third kappa shape index (κ3) is 2.27. The molecule has 1 heterocycles. The molecule has 10 heavy (non-hydrogen) atoms. The Morgan fingerprint density at radius 2 is 2.50 bits per heavy atom. The molecule has 1 saturated heterocycles. The van der Waals surface area contributed by atoms with E-state index in [2.05, 4.69) is 0 Å². The molecule has 1 rings (SSSR count). The molecule has 0 radical (unpaired) electrons. The number of halogens is 1. The quantitative estimate of drug-likeness (QED) is 0.586. The summed E-state index contributed by atoms with van der Waals surface area (Å²) in [5.74, 6) is 0.883. The molecule has 0 spiro atoms. The molecule has 1 fully saturated rings. The number of carbonyl (C=O) groups is 1. The van der Waals surface area contributed by atoms with Gasteiger partial charge in [-0.05, 0) is 12.8 Å². The van der Waals surface area contributed by atoms with Crippen molar-refractivity contribution in [1.29, 1.82) is 0 Å². The first-order valence-corrected chi connectivity index (χ1v) is 4.05. The molecule has 1 aliphatic heterocycles. The summed E-state index contributed by atoms with van der Waals surface area (Å²) in [4.78, 5) is 10.7. The van der Waals surface area contributed by atoms with Gasteiger partial charge >= 0.3 is 0 Å². The first kappa shape index (κ1) is 8.02. The van der Waals surface area contributed by atoms with Gasteiger partial charge in [-0.25, -0.2) is 0 Å². The zero-order chi connectivity index (χ0) is 7.40. The fraction of sp³-hybridized carbons (Fsp3) is 0.857. The van der Waals surface area contributed by atoms with Crippen LogP contribution in [0.5, 0.6) is 0 Å². The molecule has 0 amide bonds. The monoisotopic (exact) mass is 162 g/mol. The summed E-state index contributed by atoms with van der Waals surface area (Å²) in [7, 11) is 0. The Labute approximate surface area is 65.5 Å². The van der Waals surface area contributed by atoms with Crippen molar-refractivity contribution in [3.05, 3.63) is 0 Å². The standard InChI is InChI=1S/C7H11ClO2/c8-3-1-2-7-4-6(9)5-10-7/h7H,1-5H2. The van der Waals surface area contributed by atoms with Gasteiger partial charge in [-0.3, -0.25) is 4.79 Å². The van der Waals surface area contributed by atoms with E-state index in [-0.39, 0.29) is 11.9 Å². The highest BCUT2D eigenvalue weighted by molar-refractivity contribution is 6.17. The van der Waals surface area contributed by atoms with Gasteiger partial charge in [-0.15, -0.1) is 11.6 Å². The fourth-order valence-electron chi connectivity index (χ4n) is 1.07. The minimum Gasteiger partial charge on any atom is -0.370 e. The second-order valence-corrected chi connectivity index (χ2v) is 2.88. The molecule has 0 aromatic rings. The minimum atomic E-state index is 0.159. The normalized spacial score (nSPS) is 25.7. The fourth-order valence-corrected chi connectivity index (χ4v) is 1.23. The molecule has 0 saturated carbocycles. The van der Waals surface area contributed by atoms with E-state index < -0.39 is 0 Å². The van der Waals surface area contributed by atoms with Crippen LogP contribution in [-0.2, 0) is 9.53 Å². The van der Waals surface area contributed by atoms with Crippen LogP contribution in [0.4, 0.5) is 0 Å². The lowest BCUT2D eigenvalue weighted by molar-refractivity contribution is -0.117. The number of alkyl halides is 1. The molecule has 58 valence electrons. The number of ether oxygens (including phenoxy) is 1. The van der Waals surface area contributed by atoms with Crippen molar-refractivity contribution in [1.82, 2.24) is 0 Å². The van der Waals surface area contributed by atoms with Gasteiger partial charge in [0.25, 0.3) is 0 Å². The molecule has 0 N–H and O–H groups in total. The Bertz CT molecular complexity index is 125. The molecule has 0 bridgehead atoms. The van der Waals surface area contributed by atoms with E-state index in [1.54, 1.807) is 0 Å². The molecule has 0 aromatic heterocycles. The number of hydrogen-bond donors (Lipinski definition) is 0. The van der Waals surface area contributed by atoms with Crippen molar-refractivity contribution >= 4 is 17.4 Å². The van der Waals surface area contributed by atoms with Gasteiger partial charge < -0.3 is 4.74 Å². The Kier molecular flexibility index (Phi) is 3.16. The van der Waals surface area contributed by atoms with Crippen molar-refractivity contribution < 1.29 is 9.53 Å². The highest BCUT2D eigenvalue weighted by Crippen LogP contribution is 2.14. The lowest BCUT2D eigenvalue weighted by Crippen LogP contribution is -2.04. The maximum Gasteiger partial charge on any atom is 0.161 e. The predicted octanol–water partition coefficient (Wildman–Crippen LogP) is 1.36. The van der Waals surface area contributed by atoms with Crippen LogP contribution in [0.15, 0.2) is 0 Å². The Morgan fingerprint density at radius 3 is 3.00 bits per heavy atom. The average molecular weight is 163 g/mol. The predicted molar refractivity (Wildman–Crippen MR) is 39.3 cm³/mol. The summed E-state index contributed by atoms with van der Waals surface area (Å²) in [6, 6.07) is 0. The second-order valence-electron chi connectivity index (χ2n) is 2.51. The van der Waals surface area contributed by atoms with Gasteiger partial charge in [0, 0.05) is 12.3 Å². The summed E-state index contributed by atoms with van der Waals surface area (Å²) < 4.78 is 5.16. The van der Waals surface area contributed by atoms with E-state index in [0.717, 1.165) is 12.8 Å². The first-order chi connectivity index (χ1) is 4.83. The molecular formula is C7H11ClO2. The molecule has 0 aliphatic carbocycles. The van der Waals surface area contributed by atoms with Crippen molar-refractivity contribution in [2.75, 3.05) is 12.5 Å². The smallest absolute Gasteiger partial charge is 0.161 e. The molecular weight excluding hydrogens is 152 g/mol. The lowest BCUT2D eigenvalue weighted by Gasteiger charge is -2.04. The minimum absolute atomic E-state index is 0.159. The van der Waals surface area contributed by atoms with E-state index in [4.69, 9.17) is 16.3 Å². The van der Waals surface area contributed by atoms with Crippen LogP contribution in [0, 0.1) is 0 Å². The summed E-state index contributed by atoms with van der Waals surface area (Å²) in [6.07, 6.45) is 2.62. The Balaban J connectivity index is 2.12. The van der Waals surface area contributed by atoms with Crippen LogP contribution < -0.4 is 0 Å². The topological polar surface area (TPSA) is 26.3 Å². The summed E-state index contributed by atoms with van der Waals surface area (Å²) in [5, 5.41) is 0. The van der Waals surface area contributed by atoms with Gasteiger partial charge in [0.1, 0.15) is 6.61 Å². The third-order valence-electron chi connectivity index (χ3n) is 1.60. The van der Waals surface area contributed by atoms with Crippen molar-refractivity contribution in [3.63, 3.8) is 0 Å². The average Bonchev–Trinajstić information content (AvgIpc) is 2.31. The van der Waals surface area contributed by atoms with Crippen LogP contribution in [-0.4, -0.2) is 24.4 Å². The number of ketones is 1. The Morgan fingerprint density at radius 1 is 1.70 bits per heavy atom. The SMILES string of the molecule is O=C1COC(CCCCl)C1. The van der Waals surface area contributed by atoms with Gasteiger partial charge in [0.2, 0.25) is 0 Å². The zero-order valence-electron chi connectivity index (χ0n) is 5.81. The van der Waals surface area contributed by atoms with Crippen LogP contribution in [0.25, 0.3) is 0 Å². The number of Topliss-reactive ketones (excluding diaryl/α,β-unsaturated/α-hetero) is 1. The highest BCUT2D eigenvalue weighted by Gasteiger charge is 2.21. The largest absolute Gasteiger partial charge is 0.370 e. The van der Waals surface area contributed by atoms with Crippen LogP contribution in [0.2, 0.25) is 0 Å². The molecule has 1 aliphatic rings. The molecule has 0 aromatic carbocycles. The maximum absolute atomic E-state index is 10.7.